The van der Waals surface area contributed by atoms with Gasteiger partial charge in [0.15, 0.2) is 0 Å². The summed E-state index contributed by atoms with van der Waals surface area (Å²) in [6.07, 6.45) is 5.15. The van der Waals surface area contributed by atoms with Crippen molar-refractivity contribution in [3.05, 3.63) is 0 Å². The van der Waals surface area contributed by atoms with Gasteiger partial charge >= 0.3 is 6.09 Å². The van der Waals surface area contributed by atoms with Crippen molar-refractivity contribution in [1.82, 2.24) is 4.90 Å². The molecule has 4 heteroatoms. The zero-order valence-electron chi connectivity index (χ0n) is 11.6. The van der Waals surface area contributed by atoms with E-state index in [4.69, 9.17) is 5.11 Å². The molecule has 1 amide bonds. The van der Waals surface area contributed by atoms with Gasteiger partial charge in [-0.2, -0.15) is 0 Å². The first-order valence-electron chi connectivity index (χ1n) is 7.20. The maximum Gasteiger partial charge on any atom is 0.407 e. The first-order valence-corrected chi connectivity index (χ1v) is 7.20. The van der Waals surface area contributed by atoms with Gasteiger partial charge in [0.1, 0.15) is 0 Å². The number of hydrogen-bond acceptors (Lipinski definition) is 2. The maximum absolute atomic E-state index is 11.2. The number of unbranched alkanes of at least 4 members (excludes halogenated alkanes) is 1. The number of likely N-dealkylation sites (tertiary alicyclic amines) is 1. The van der Waals surface area contributed by atoms with Gasteiger partial charge in [-0.15, -0.1) is 0 Å². The Morgan fingerprint density at radius 3 is 2.78 bits per heavy atom. The molecular formula is C14H27NO3. The van der Waals surface area contributed by atoms with Gasteiger partial charge < -0.3 is 15.1 Å². The van der Waals surface area contributed by atoms with Crippen molar-refractivity contribution in [1.29, 1.82) is 0 Å². The van der Waals surface area contributed by atoms with E-state index in [-0.39, 0.29) is 12.6 Å². The number of aliphatic hydroxyl groups excluding tert-OH is 1. The smallest absolute Gasteiger partial charge is 0.407 e. The minimum Gasteiger partial charge on any atom is -0.465 e. The molecule has 106 valence electrons. The van der Waals surface area contributed by atoms with E-state index in [0.717, 1.165) is 38.5 Å². The molecule has 0 aliphatic carbocycles. The van der Waals surface area contributed by atoms with E-state index >= 15 is 0 Å². The molecule has 18 heavy (non-hydrogen) atoms. The number of carboxylic acid groups (broad SMARTS) is 1. The SMILES string of the molecule is CCCCC1CC(C(C)CCO)CCN1C(=O)O. The fourth-order valence-electron chi connectivity index (χ4n) is 3.00. The summed E-state index contributed by atoms with van der Waals surface area (Å²) < 4.78 is 0. The number of aliphatic hydroxyl groups is 1. The van der Waals surface area contributed by atoms with E-state index in [9.17, 15) is 9.90 Å². The summed E-state index contributed by atoms with van der Waals surface area (Å²) >= 11 is 0. The topological polar surface area (TPSA) is 60.8 Å². The normalized spacial score (nSPS) is 26.1. The summed E-state index contributed by atoms with van der Waals surface area (Å²) in [5.41, 5.74) is 0. The molecule has 0 aromatic rings. The van der Waals surface area contributed by atoms with Crippen LogP contribution in [0.4, 0.5) is 4.79 Å². The van der Waals surface area contributed by atoms with Crippen LogP contribution in [0.2, 0.25) is 0 Å². The van der Waals surface area contributed by atoms with Crippen molar-refractivity contribution < 1.29 is 15.0 Å². The van der Waals surface area contributed by atoms with Gasteiger partial charge in [-0.05, 0) is 37.5 Å². The van der Waals surface area contributed by atoms with Gasteiger partial charge in [-0.1, -0.05) is 26.7 Å². The third-order valence-electron chi connectivity index (χ3n) is 4.28. The quantitative estimate of drug-likeness (QED) is 0.769. The van der Waals surface area contributed by atoms with Gasteiger partial charge in [0.2, 0.25) is 0 Å². The maximum atomic E-state index is 11.2. The van der Waals surface area contributed by atoms with Crippen molar-refractivity contribution >= 4 is 6.09 Å². The van der Waals surface area contributed by atoms with Crippen LogP contribution in [0.3, 0.4) is 0 Å². The van der Waals surface area contributed by atoms with Crippen LogP contribution in [-0.4, -0.2) is 40.4 Å². The second-order valence-electron chi connectivity index (χ2n) is 5.55. The number of nitrogens with zero attached hydrogens (tertiary/aromatic N) is 1. The molecule has 0 saturated carbocycles. The predicted octanol–water partition coefficient (Wildman–Crippen LogP) is 2.95. The Balaban J connectivity index is 2.57. The highest BCUT2D eigenvalue weighted by molar-refractivity contribution is 5.65. The first-order chi connectivity index (χ1) is 8.60. The summed E-state index contributed by atoms with van der Waals surface area (Å²) in [6.45, 7) is 5.21. The Hall–Kier alpha value is -0.770. The number of hydrogen-bond donors (Lipinski definition) is 2. The molecule has 1 aliphatic heterocycles. The molecule has 3 unspecified atom stereocenters. The van der Waals surface area contributed by atoms with E-state index in [2.05, 4.69) is 13.8 Å². The van der Waals surface area contributed by atoms with E-state index < -0.39 is 6.09 Å². The molecule has 4 nitrogen and oxygen atoms in total. The van der Waals surface area contributed by atoms with Crippen LogP contribution < -0.4 is 0 Å². The van der Waals surface area contributed by atoms with Crippen LogP contribution >= 0.6 is 0 Å². The van der Waals surface area contributed by atoms with Gasteiger partial charge in [-0.25, -0.2) is 4.79 Å². The lowest BCUT2D eigenvalue weighted by atomic mass is 9.79. The van der Waals surface area contributed by atoms with Crippen LogP contribution in [0, 0.1) is 11.8 Å². The zero-order chi connectivity index (χ0) is 13.5. The molecule has 0 radical (unpaired) electrons. The zero-order valence-corrected chi connectivity index (χ0v) is 11.6. The van der Waals surface area contributed by atoms with Crippen molar-refractivity contribution in [2.24, 2.45) is 11.8 Å². The third-order valence-corrected chi connectivity index (χ3v) is 4.28. The van der Waals surface area contributed by atoms with Gasteiger partial charge in [0.25, 0.3) is 0 Å². The monoisotopic (exact) mass is 257 g/mol. The first kappa shape index (κ1) is 15.3. The Bertz CT molecular complexity index is 257. The summed E-state index contributed by atoms with van der Waals surface area (Å²) in [7, 11) is 0. The predicted molar refractivity (Wildman–Crippen MR) is 71.6 cm³/mol. The number of piperidine rings is 1. The minimum absolute atomic E-state index is 0.183. The van der Waals surface area contributed by atoms with Crippen LogP contribution in [0.25, 0.3) is 0 Å². The molecule has 1 aliphatic rings. The second kappa shape index (κ2) is 7.62. The molecule has 1 rings (SSSR count). The van der Waals surface area contributed by atoms with Crippen LogP contribution in [0.1, 0.15) is 52.4 Å². The summed E-state index contributed by atoms with van der Waals surface area (Å²) in [5.74, 6) is 1.06. The van der Waals surface area contributed by atoms with E-state index in [1.165, 1.54) is 0 Å². The molecular weight excluding hydrogens is 230 g/mol. The average Bonchev–Trinajstić information content (AvgIpc) is 2.36. The van der Waals surface area contributed by atoms with Crippen molar-refractivity contribution in [2.75, 3.05) is 13.2 Å². The van der Waals surface area contributed by atoms with Crippen LogP contribution in [-0.2, 0) is 0 Å². The lowest BCUT2D eigenvalue weighted by Crippen LogP contribution is -2.46. The molecule has 3 atom stereocenters. The van der Waals surface area contributed by atoms with Crippen molar-refractivity contribution in [2.45, 2.75) is 58.4 Å². The highest BCUT2D eigenvalue weighted by Gasteiger charge is 2.32. The lowest BCUT2D eigenvalue weighted by molar-refractivity contribution is 0.0684. The summed E-state index contributed by atoms with van der Waals surface area (Å²) in [4.78, 5) is 12.8. The number of rotatable bonds is 6. The summed E-state index contributed by atoms with van der Waals surface area (Å²) in [5, 5.41) is 18.2. The molecule has 1 saturated heterocycles. The van der Waals surface area contributed by atoms with E-state index in [1.54, 1.807) is 4.90 Å². The average molecular weight is 257 g/mol. The van der Waals surface area contributed by atoms with E-state index in [1.807, 2.05) is 0 Å². The van der Waals surface area contributed by atoms with Gasteiger partial charge in [0, 0.05) is 19.2 Å². The Morgan fingerprint density at radius 2 is 2.22 bits per heavy atom. The Kier molecular flexibility index (Phi) is 6.47. The van der Waals surface area contributed by atoms with Crippen LogP contribution in [0.5, 0.6) is 0 Å². The molecule has 0 aromatic heterocycles. The molecule has 0 spiro atoms. The highest BCUT2D eigenvalue weighted by Crippen LogP contribution is 2.32. The highest BCUT2D eigenvalue weighted by atomic mass is 16.4. The minimum atomic E-state index is -0.774. The van der Waals surface area contributed by atoms with E-state index in [0.29, 0.717) is 18.4 Å². The lowest BCUT2D eigenvalue weighted by Gasteiger charge is -2.40. The van der Waals surface area contributed by atoms with Gasteiger partial charge in [0.05, 0.1) is 0 Å². The Labute approximate surface area is 110 Å². The fraction of sp³-hybridized carbons (Fsp3) is 0.929. The molecule has 1 fully saturated rings. The van der Waals surface area contributed by atoms with Crippen LogP contribution in [0.15, 0.2) is 0 Å². The van der Waals surface area contributed by atoms with Crippen molar-refractivity contribution in [3.8, 4) is 0 Å². The Morgan fingerprint density at radius 1 is 1.50 bits per heavy atom. The molecule has 0 bridgehead atoms. The standard InChI is InChI=1S/C14H27NO3/c1-3-4-5-13-10-12(11(2)7-9-16)6-8-15(13)14(17)18/h11-13,16H,3-10H2,1-2H3,(H,17,18). The number of amides is 1. The molecule has 0 aromatic carbocycles. The van der Waals surface area contributed by atoms with Gasteiger partial charge in [-0.3, -0.25) is 0 Å². The fourth-order valence-corrected chi connectivity index (χ4v) is 3.00. The number of carbonyl (C=O) groups is 1. The second-order valence-corrected chi connectivity index (χ2v) is 5.55. The molecule has 2 N–H and O–H groups in total. The largest absolute Gasteiger partial charge is 0.465 e. The molecule has 1 heterocycles. The summed E-state index contributed by atoms with van der Waals surface area (Å²) in [6, 6.07) is 0.183. The van der Waals surface area contributed by atoms with Crippen molar-refractivity contribution in [3.63, 3.8) is 0 Å². The third kappa shape index (κ3) is 4.16.